The van der Waals surface area contributed by atoms with E-state index in [-0.39, 0.29) is 12.0 Å². The molecule has 0 spiro atoms. The third kappa shape index (κ3) is 2.94. The number of piperazine rings is 1. The molecule has 1 unspecified atom stereocenters. The molecular weight excluding hydrogens is 285 g/mol. The highest BCUT2D eigenvalue weighted by molar-refractivity contribution is 5.63. The molecule has 0 radical (unpaired) electrons. The molecule has 1 N–H and O–H groups in total. The molecular formula is C16H22FN3O2. The minimum Gasteiger partial charge on any atom is -0.491 e. The van der Waals surface area contributed by atoms with E-state index in [2.05, 4.69) is 15.1 Å². The molecule has 1 atom stereocenters. The standard InChI is InChI=1S/C16H22FN3O2/c1-18-15-11-20(5-4-19(15)6-7-21)14-10-13(17)9-12-3-2-8-22-16(12)14/h7,9-10,15,18H,2-6,8,11H2,1H3. The molecule has 3 rings (SSSR count). The summed E-state index contributed by atoms with van der Waals surface area (Å²) in [5.74, 6) is 0.613. The summed E-state index contributed by atoms with van der Waals surface area (Å²) in [5.41, 5.74) is 1.79. The lowest BCUT2D eigenvalue weighted by atomic mass is 10.0. The normalized spacial score (nSPS) is 22.1. The molecule has 1 aromatic rings. The maximum Gasteiger partial charge on any atom is 0.145 e. The molecule has 0 saturated carbocycles. The average Bonchev–Trinajstić information content (AvgIpc) is 2.54. The van der Waals surface area contributed by atoms with Crippen molar-refractivity contribution in [2.45, 2.75) is 19.0 Å². The van der Waals surface area contributed by atoms with Gasteiger partial charge in [-0.25, -0.2) is 4.39 Å². The molecule has 2 heterocycles. The minimum absolute atomic E-state index is 0.0708. The van der Waals surface area contributed by atoms with Gasteiger partial charge < -0.3 is 19.7 Å². The molecule has 0 aromatic heterocycles. The lowest BCUT2D eigenvalue weighted by molar-refractivity contribution is -0.109. The van der Waals surface area contributed by atoms with Gasteiger partial charge in [-0.1, -0.05) is 0 Å². The fourth-order valence-electron chi connectivity index (χ4n) is 3.29. The van der Waals surface area contributed by atoms with Crippen molar-refractivity contribution < 1.29 is 13.9 Å². The number of nitrogens with zero attached hydrogens (tertiary/aromatic N) is 2. The molecule has 22 heavy (non-hydrogen) atoms. The molecule has 1 aromatic carbocycles. The molecule has 0 bridgehead atoms. The third-order valence-electron chi connectivity index (χ3n) is 4.42. The second-order valence-electron chi connectivity index (χ2n) is 5.78. The van der Waals surface area contributed by atoms with E-state index < -0.39 is 0 Å². The molecule has 5 nitrogen and oxygen atoms in total. The summed E-state index contributed by atoms with van der Waals surface area (Å²) < 4.78 is 19.7. The number of aldehydes is 1. The summed E-state index contributed by atoms with van der Waals surface area (Å²) >= 11 is 0. The fraction of sp³-hybridized carbons (Fsp3) is 0.562. The van der Waals surface area contributed by atoms with Gasteiger partial charge in [-0.05, 0) is 31.5 Å². The molecule has 1 saturated heterocycles. The second-order valence-corrected chi connectivity index (χ2v) is 5.78. The Morgan fingerprint density at radius 2 is 2.32 bits per heavy atom. The van der Waals surface area contributed by atoms with Crippen LogP contribution in [-0.4, -0.2) is 57.2 Å². The van der Waals surface area contributed by atoms with E-state index in [1.54, 1.807) is 12.1 Å². The highest BCUT2D eigenvalue weighted by Gasteiger charge is 2.28. The number of benzene rings is 1. The number of rotatable bonds is 4. The number of likely N-dealkylation sites (N-methyl/N-ethyl adjacent to an activating group) is 1. The van der Waals surface area contributed by atoms with Crippen molar-refractivity contribution in [3.63, 3.8) is 0 Å². The SMILES string of the molecule is CNC1CN(c2cc(F)cc3c2OCCC3)CCN1CC=O. The molecule has 0 aliphatic carbocycles. The molecule has 6 heteroatoms. The number of anilines is 1. The van der Waals surface area contributed by atoms with Gasteiger partial charge in [0.25, 0.3) is 0 Å². The van der Waals surface area contributed by atoms with Crippen LogP contribution in [0, 0.1) is 5.82 Å². The Balaban J connectivity index is 1.85. The van der Waals surface area contributed by atoms with Crippen LogP contribution in [0.15, 0.2) is 12.1 Å². The predicted octanol–water partition coefficient (Wildman–Crippen LogP) is 1.02. The van der Waals surface area contributed by atoms with Crippen LogP contribution in [-0.2, 0) is 11.2 Å². The highest BCUT2D eigenvalue weighted by atomic mass is 19.1. The van der Waals surface area contributed by atoms with Crippen LogP contribution >= 0.6 is 0 Å². The van der Waals surface area contributed by atoms with E-state index in [4.69, 9.17) is 4.74 Å². The Bertz CT molecular complexity index is 552. The quantitative estimate of drug-likeness (QED) is 0.842. The van der Waals surface area contributed by atoms with Crippen molar-refractivity contribution in [3.8, 4) is 5.75 Å². The van der Waals surface area contributed by atoms with E-state index >= 15 is 0 Å². The van der Waals surface area contributed by atoms with Gasteiger partial charge in [0.15, 0.2) is 0 Å². The number of fused-ring (bicyclic) bond motifs is 1. The maximum atomic E-state index is 13.9. The topological polar surface area (TPSA) is 44.8 Å². The zero-order valence-corrected chi connectivity index (χ0v) is 12.8. The van der Waals surface area contributed by atoms with Crippen LogP contribution in [0.3, 0.4) is 0 Å². The summed E-state index contributed by atoms with van der Waals surface area (Å²) in [7, 11) is 1.88. The Morgan fingerprint density at radius 1 is 1.45 bits per heavy atom. The van der Waals surface area contributed by atoms with E-state index in [1.165, 1.54) is 0 Å². The third-order valence-corrected chi connectivity index (χ3v) is 4.42. The monoisotopic (exact) mass is 307 g/mol. The molecule has 2 aliphatic heterocycles. The number of carbonyl (C=O) groups is 1. The van der Waals surface area contributed by atoms with Crippen LogP contribution in [0.5, 0.6) is 5.75 Å². The average molecular weight is 307 g/mol. The van der Waals surface area contributed by atoms with E-state index in [0.29, 0.717) is 19.7 Å². The number of hydrogen-bond donors (Lipinski definition) is 1. The maximum absolute atomic E-state index is 13.9. The first-order chi connectivity index (χ1) is 10.7. The van der Waals surface area contributed by atoms with Crippen molar-refractivity contribution in [1.29, 1.82) is 0 Å². The van der Waals surface area contributed by atoms with Gasteiger partial charge in [-0.3, -0.25) is 4.90 Å². The van der Waals surface area contributed by atoms with Gasteiger partial charge in [-0.15, -0.1) is 0 Å². The lowest BCUT2D eigenvalue weighted by Crippen LogP contribution is -2.58. The Kier molecular flexibility index (Phi) is 4.59. The van der Waals surface area contributed by atoms with Gasteiger partial charge >= 0.3 is 0 Å². The minimum atomic E-state index is -0.212. The summed E-state index contributed by atoms with van der Waals surface area (Å²) in [4.78, 5) is 15.0. The lowest BCUT2D eigenvalue weighted by Gasteiger charge is -2.42. The fourth-order valence-corrected chi connectivity index (χ4v) is 3.29. The number of carbonyl (C=O) groups excluding carboxylic acids is 1. The van der Waals surface area contributed by atoms with Crippen molar-refractivity contribution in [2.24, 2.45) is 0 Å². The molecule has 120 valence electrons. The largest absolute Gasteiger partial charge is 0.491 e. The zero-order valence-electron chi connectivity index (χ0n) is 12.8. The van der Waals surface area contributed by atoms with Crippen molar-refractivity contribution in [1.82, 2.24) is 10.2 Å². The van der Waals surface area contributed by atoms with E-state index in [0.717, 1.165) is 49.2 Å². The summed E-state index contributed by atoms with van der Waals surface area (Å²) in [6, 6.07) is 3.14. The number of ether oxygens (including phenoxy) is 1. The number of halogens is 1. The number of hydrogen-bond acceptors (Lipinski definition) is 5. The Hall–Kier alpha value is -1.66. The van der Waals surface area contributed by atoms with Crippen LogP contribution in [0.4, 0.5) is 10.1 Å². The van der Waals surface area contributed by atoms with Gasteiger partial charge in [0.2, 0.25) is 0 Å². The van der Waals surface area contributed by atoms with E-state index in [9.17, 15) is 9.18 Å². The van der Waals surface area contributed by atoms with Crippen LogP contribution in [0.2, 0.25) is 0 Å². The molecule has 2 aliphatic rings. The van der Waals surface area contributed by atoms with Gasteiger partial charge in [0.1, 0.15) is 17.9 Å². The Morgan fingerprint density at radius 3 is 3.09 bits per heavy atom. The number of nitrogens with one attached hydrogen (secondary N) is 1. The van der Waals surface area contributed by atoms with Crippen molar-refractivity contribution in [2.75, 3.05) is 44.7 Å². The van der Waals surface area contributed by atoms with Gasteiger partial charge in [0, 0.05) is 25.7 Å². The number of aryl methyl sites for hydroxylation is 1. The van der Waals surface area contributed by atoms with Crippen LogP contribution in [0.25, 0.3) is 0 Å². The first-order valence-corrected chi connectivity index (χ1v) is 7.78. The summed E-state index contributed by atoms with van der Waals surface area (Å²) in [6.07, 6.45) is 2.79. The molecule has 0 amide bonds. The Labute approximate surface area is 130 Å². The van der Waals surface area contributed by atoms with E-state index in [1.807, 2.05) is 7.05 Å². The first kappa shape index (κ1) is 15.2. The van der Waals surface area contributed by atoms with Gasteiger partial charge in [-0.2, -0.15) is 0 Å². The predicted molar refractivity (Wildman–Crippen MR) is 82.9 cm³/mol. The molecule has 1 fully saturated rings. The van der Waals surface area contributed by atoms with Crippen LogP contribution in [0.1, 0.15) is 12.0 Å². The smallest absolute Gasteiger partial charge is 0.145 e. The second kappa shape index (κ2) is 6.62. The first-order valence-electron chi connectivity index (χ1n) is 7.78. The van der Waals surface area contributed by atoms with Crippen molar-refractivity contribution >= 4 is 12.0 Å². The van der Waals surface area contributed by atoms with Gasteiger partial charge in [0.05, 0.1) is 25.0 Å². The summed E-state index contributed by atoms with van der Waals surface area (Å²) in [5, 5.41) is 3.22. The highest BCUT2D eigenvalue weighted by Crippen LogP contribution is 2.37. The van der Waals surface area contributed by atoms with Crippen LogP contribution < -0.4 is 15.0 Å². The van der Waals surface area contributed by atoms with Crippen molar-refractivity contribution in [3.05, 3.63) is 23.5 Å². The zero-order chi connectivity index (χ0) is 15.5. The summed E-state index contributed by atoms with van der Waals surface area (Å²) in [6.45, 7) is 3.31.